The first kappa shape index (κ1) is 15.9. The molecule has 7 nitrogen and oxygen atoms in total. The zero-order valence-corrected chi connectivity index (χ0v) is 13.2. The minimum Gasteiger partial charge on any atom is -0.388 e. The van der Waals surface area contributed by atoms with Gasteiger partial charge in [-0.15, -0.1) is 10.2 Å². The fourth-order valence-corrected chi connectivity index (χ4v) is 3.36. The van der Waals surface area contributed by atoms with E-state index in [0.717, 1.165) is 44.7 Å². The highest BCUT2D eigenvalue weighted by molar-refractivity contribution is 5.09. The lowest BCUT2D eigenvalue weighted by Crippen LogP contribution is -2.47. The van der Waals surface area contributed by atoms with Crippen LogP contribution in [0.1, 0.15) is 43.3 Å². The second-order valence-electron chi connectivity index (χ2n) is 6.20. The molecular formula is C15H26N4O3. The van der Waals surface area contributed by atoms with Gasteiger partial charge in [-0.1, -0.05) is 0 Å². The van der Waals surface area contributed by atoms with Gasteiger partial charge in [0.05, 0.1) is 6.61 Å². The Balaban J connectivity index is 1.54. The molecule has 0 amide bonds. The third kappa shape index (κ3) is 3.48. The van der Waals surface area contributed by atoms with Gasteiger partial charge in [0.25, 0.3) is 0 Å². The van der Waals surface area contributed by atoms with Crippen LogP contribution in [0.25, 0.3) is 0 Å². The fourth-order valence-electron chi connectivity index (χ4n) is 3.36. The molecule has 2 aliphatic rings. The van der Waals surface area contributed by atoms with E-state index in [2.05, 4.69) is 15.5 Å². The molecule has 7 heteroatoms. The molecule has 22 heavy (non-hydrogen) atoms. The SMILES string of the molecule is COCCn1c(CO)nnc1C1CC(NC2CCOCC2)C1. The van der Waals surface area contributed by atoms with Crippen LogP contribution in [-0.4, -0.2) is 58.9 Å². The maximum Gasteiger partial charge on any atom is 0.158 e. The molecule has 2 heterocycles. The summed E-state index contributed by atoms with van der Waals surface area (Å²) in [5.41, 5.74) is 0. The number of nitrogens with zero attached hydrogens (tertiary/aromatic N) is 3. The second-order valence-corrected chi connectivity index (χ2v) is 6.20. The lowest BCUT2D eigenvalue weighted by atomic mass is 9.79. The topological polar surface area (TPSA) is 81.4 Å². The van der Waals surface area contributed by atoms with Crippen molar-refractivity contribution in [1.82, 2.24) is 20.1 Å². The van der Waals surface area contributed by atoms with Crippen LogP contribution in [0.2, 0.25) is 0 Å². The van der Waals surface area contributed by atoms with E-state index < -0.39 is 0 Å². The number of aliphatic hydroxyl groups excluding tert-OH is 1. The number of rotatable bonds is 7. The third-order valence-corrected chi connectivity index (χ3v) is 4.71. The minimum atomic E-state index is -0.0762. The molecule has 2 fully saturated rings. The maximum absolute atomic E-state index is 9.38. The van der Waals surface area contributed by atoms with Crippen molar-refractivity contribution in [2.24, 2.45) is 0 Å². The van der Waals surface area contributed by atoms with Gasteiger partial charge < -0.3 is 24.5 Å². The summed E-state index contributed by atoms with van der Waals surface area (Å²) in [6.45, 7) is 2.98. The molecule has 0 atom stereocenters. The molecule has 2 N–H and O–H groups in total. The summed E-state index contributed by atoms with van der Waals surface area (Å²) < 4.78 is 12.5. The van der Waals surface area contributed by atoms with Crippen LogP contribution >= 0.6 is 0 Å². The monoisotopic (exact) mass is 310 g/mol. The minimum absolute atomic E-state index is 0.0762. The predicted octanol–water partition coefficient (Wildman–Crippen LogP) is 0.431. The molecule has 1 aromatic rings. The highest BCUT2D eigenvalue weighted by atomic mass is 16.5. The predicted molar refractivity (Wildman–Crippen MR) is 80.6 cm³/mol. The van der Waals surface area contributed by atoms with E-state index in [4.69, 9.17) is 9.47 Å². The van der Waals surface area contributed by atoms with Crippen molar-refractivity contribution in [1.29, 1.82) is 0 Å². The van der Waals surface area contributed by atoms with Crippen LogP contribution in [-0.2, 0) is 22.6 Å². The van der Waals surface area contributed by atoms with E-state index >= 15 is 0 Å². The normalized spacial score (nSPS) is 26.1. The Labute approximate surface area is 131 Å². The van der Waals surface area contributed by atoms with Crippen molar-refractivity contribution >= 4 is 0 Å². The lowest BCUT2D eigenvalue weighted by molar-refractivity contribution is 0.0693. The van der Waals surface area contributed by atoms with E-state index in [1.165, 1.54) is 0 Å². The largest absolute Gasteiger partial charge is 0.388 e. The first-order chi connectivity index (χ1) is 10.8. The van der Waals surface area contributed by atoms with E-state index in [0.29, 0.717) is 37.0 Å². The van der Waals surface area contributed by atoms with Gasteiger partial charge in [0.2, 0.25) is 0 Å². The molecule has 1 aliphatic heterocycles. The summed E-state index contributed by atoms with van der Waals surface area (Å²) in [5.74, 6) is 2.06. The van der Waals surface area contributed by atoms with Crippen molar-refractivity contribution in [3.05, 3.63) is 11.6 Å². The maximum atomic E-state index is 9.38. The average Bonchev–Trinajstić information content (AvgIpc) is 2.91. The fraction of sp³-hybridized carbons (Fsp3) is 0.867. The van der Waals surface area contributed by atoms with E-state index in [1.54, 1.807) is 7.11 Å². The number of aromatic nitrogens is 3. The van der Waals surface area contributed by atoms with Crippen molar-refractivity contribution in [2.75, 3.05) is 26.9 Å². The summed E-state index contributed by atoms with van der Waals surface area (Å²) in [6.07, 6.45) is 4.40. The van der Waals surface area contributed by atoms with Crippen LogP contribution in [0.5, 0.6) is 0 Å². The molecule has 0 radical (unpaired) electrons. The van der Waals surface area contributed by atoms with E-state index in [1.807, 2.05) is 4.57 Å². The quantitative estimate of drug-likeness (QED) is 0.760. The van der Waals surface area contributed by atoms with Gasteiger partial charge in [-0.05, 0) is 25.7 Å². The lowest BCUT2D eigenvalue weighted by Gasteiger charge is -2.39. The Hall–Kier alpha value is -1.02. The van der Waals surface area contributed by atoms with Crippen LogP contribution in [0.15, 0.2) is 0 Å². The van der Waals surface area contributed by atoms with Crippen molar-refractivity contribution in [2.45, 2.75) is 56.8 Å². The Bertz CT molecular complexity index is 467. The first-order valence-corrected chi connectivity index (χ1v) is 8.17. The van der Waals surface area contributed by atoms with Gasteiger partial charge >= 0.3 is 0 Å². The second kappa shape index (κ2) is 7.50. The van der Waals surface area contributed by atoms with Gasteiger partial charge in [0, 0.05) is 44.9 Å². The zero-order chi connectivity index (χ0) is 15.4. The number of ether oxygens (including phenoxy) is 2. The zero-order valence-electron chi connectivity index (χ0n) is 13.2. The Kier molecular flexibility index (Phi) is 5.41. The van der Waals surface area contributed by atoms with Crippen molar-refractivity contribution < 1.29 is 14.6 Å². The molecule has 1 aromatic heterocycles. The van der Waals surface area contributed by atoms with Gasteiger partial charge in [-0.25, -0.2) is 0 Å². The summed E-state index contributed by atoms with van der Waals surface area (Å²) in [4.78, 5) is 0. The van der Waals surface area contributed by atoms with Crippen LogP contribution < -0.4 is 5.32 Å². The highest BCUT2D eigenvalue weighted by Crippen LogP contribution is 2.36. The summed E-state index contributed by atoms with van der Waals surface area (Å²) in [6, 6.07) is 1.16. The Morgan fingerprint density at radius 2 is 2.05 bits per heavy atom. The van der Waals surface area contributed by atoms with Crippen LogP contribution in [0, 0.1) is 0 Å². The number of aliphatic hydroxyl groups is 1. The Morgan fingerprint density at radius 1 is 1.27 bits per heavy atom. The molecule has 1 saturated carbocycles. The number of hydrogen-bond donors (Lipinski definition) is 2. The molecule has 0 spiro atoms. The molecule has 1 saturated heterocycles. The molecular weight excluding hydrogens is 284 g/mol. The van der Waals surface area contributed by atoms with Crippen molar-refractivity contribution in [3.63, 3.8) is 0 Å². The molecule has 0 aromatic carbocycles. The standard InChI is InChI=1S/C15H26N4O3/c1-21-7-4-19-14(10-20)17-18-15(19)11-8-13(9-11)16-12-2-5-22-6-3-12/h11-13,16,20H,2-10H2,1H3. The summed E-state index contributed by atoms with van der Waals surface area (Å²) >= 11 is 0. The van der Waals surface area contributed by atoms with Crippen LogP contribution in [0.4, 0.5) is 0 Å². The smallest absolute Gasteiger partial charge is 0.158 e. The van der Waals surface area contributed by atoms with Crippen molar-refractivity contribution in [3.8, 4) is 0 Å². The summed E-state index contributed by atoms with van der Waals surface area (Å²) in [5, 5.41) is 21.5. The molecule has 124 valence electrons. The van der Waals surface area contributed by atoms with Gasteiger partial charge in [0.15, 0.2) is 5.82 Å². The molecule has 1 aliphatic carbocycles. The van der Waals surface area contributed by atoms with E-state index in [9.17, 15) is 5.11 Å². The first-order valence-electron chi connectivity index (χ1n) is 8.17. The highest BCUT2D eigenvalue weighted by Gasteiger charge is 2.35. The summed E-state index contributed by atoms with van der Waals surface area (Å²) in [7, 11) is 1.68. The number of methoxy groups -OCH3 is 1. The van der Waals surface area contributed by atoms with Crippen LogP contribution in [0.3, 0.4) is 0 Å². The van der Waals surface area contributed by atoms with Gasteiger partial charge in [0.1, 0.15) is 12.4 Å². The number of nitrogens with one attached hydrogen (secondary N) is 1. The Morgan fingerprint density at radius 3 is 2.73 bits per heavy atom. The third-order valence-electron chi connectivity index (χ3n) is 4.71. The molecule has 0 unspecified atom stereocenters. The number of hydrogen-bond acceptors (Lipinski definition) is 6. The van der Waals surface area contributed by atoms with Gasteiger partial charge in [-0.3, -0.25) is 0 Å². The van der Waals surface area contributed by atoms with E-state index in [-0.39, 0.29) is 6.61 Å². The molecule has 0 bridgehead atoms. The van der Waals surface area contributed by atoms with Gasteiger partial charge in [-0.2, -0.15) is 0 Å². The average molecular weight is 310 g/mol. The molecule has 3 rings (SSSR count).